The molecule has 1 fully saturated rings. The molecule has 0 spiro atoms. The lowest BCUT2D eigenvalue weighted by Gasteiger charge is -2.22. The molecule has 0 amide bonds. The minimum absolute atomic E-state index is 0. The van der Waals surface area contributed by atoms with Gasteiger partial charge in [0.05, 0.1) is 0 Å². The highest BCUT2D eigenvalue weighted by atomic mass is 35.5. The number of nitrogens with two attached hydrogens (primary N) is 1. The SMILES string of the molecule is Cl.NCc1ccc(C2CCCCC2)cc1. The number of benzene rings is 1. The summed E-state index contributed by atoms with van der Waals surface area (Å²) >= 11 is 0. The highest BCUT2D eigenvalue weighted by Crippen LogP contribution is 2.32. The van der Waals surface area contributed by atoms with Gasteiger partial charge in [-0.2, -0.15) is 0 Å². The molecule has 2 heteroatoms. The van der Waals surface area contributed by atoms with E-state index < -0.39 is 0 Å². The second-order valence-corrected chi connectivity index (χ2v) is 4.28. The van der Waals surface area contributed by atoms with Crippen LogP contribution in [0.3, 0.4) is 0 Å². The van der Waals surface area contributed by atoms with Crippen LogP contribution in [0.5, 0.6) is 0 Å². The zero-order chi connectivity index (χ0) is 9.80. The minimum Gasteiger partial charge on any atom is -0.326 e. The first-order chi connectivity index (χ1) is 6.90. The number of halogens is 1. The van der Waals surface area contributed by atoms with Crippen LogP contribution in [0.4, 0.5) is 0 Å². The molecule has 0 radical (unpaired) electrons. The zero-order valence-corrected chi connectivity index (χ0v) is 9.93. The Hall–Kier alpha value is -0.530. The molecule has 2 N–H and O–H groups in total. The molecule has 1 nitrogen and oxygen atoms in total. The summed E-state index contributed by atoms with van der Waals surface area (Å²) in [4.78, 5) is 0. The van der Waals surface area contributed by atoms with Crippen LogP contribution in [0.15, 0.2) is 24.3 Å². The van der Waals surface area contributed by atoms with E-state index in [1.807, 2.05) is 0 Å². The number of hydrogen-bond donors (Lipinski definition) is 1. The van der Waals surface area contributed by atoms with Gasteiger partial charge in [0.1, 0.15) is 0 Å². The second-order valence-electron chi connectivity index (χ2n) is 4.28. The first-order valence-corrected chi connectivity index (χ1v) is 5.69. The van der Waals surface area contributed by atoms with Crippen molar-refractivity contribution in [2.24, 2.45) is 5.73 Å². The molecular weight excluding hydrogens is 206 g/mol. The normalized spacial score (nSPS) is 17.1. The van der Waals surface area contributed by atoms with Crippen LogP contribution in [0.25, 0.3) is 0 Å². The van der Waals surface area contributed by atoms with Gasteiger partial charge in [0.25, 0.3) is 0 Å². The molecular formula is C13H20ClN. The molecule has 0 saturated heterocycles. The first kappa shape index (κ1) is 12.5. The van der Waals surface area contributed by atoms with E-state index in [4.69, 9.17) is 5.73 Å². The lowest BCUT2D eigenvalue weighted by atomic mass is 9.84. The molecule has 0 aliphatic heterocycles. The van der Waals surface area contributed by atoms with Crippen molar-refractivity contribution in [1.29, 1.82) is 0 Å². The monoisotopic (exact) mass is 225 g/mol. The van der Waals surface area contributed by atoms with E-state index in [0.29, 0.717) is 6.54 Å². The topological polar surface area (TPSA) is 26.0 Å². The summed E-state index contributed by atoms with van der Waals surface area (Å²) < 4.78 is 0. The van der Waals surface area contributed by atoms with Crippen LogP contribution in [0.2, 0.25) is 0 Å². The standard InChI is InChI=1S/C13H19N.ClH/c14-10-11-6-8-13(9-7-11)12-4-2-1-3-5-12;/h6-9,12H,1-5,10,14H2;1H. The quantitative estimate of drug-likeness (QED) is 0.818. The number of hydrogen-bond acceptors (Lipinski definition) is 1. The molecule has 2 rings (SSSR count). The van der Waals surface area contributed by atoms with Crippen molar-refractivity contribution < 1.29 is 0 Å². The van der Waals surface area contributed by atoms with Crippen LogP contribution in [-0.2, 0) is 6.54 Å². The fourth-order valence-corrected chi connectivity index (χ4v) is 2.36. The maximum absolute atomic E-state index is 5.58. The van der Waals surface area contributed by atoms with E-state index >= 15 is 0 Å². The average Bonchev–Trinajstić information content (AvgIpc) is 2.30. The van der Waals surface area contributed by atoms with Gasteiger partial charge in [-0.05, 0) is 29.9 Å². The summed E-state index contributed by atoms with van der Waals surface area (Å²) in [5.41, 5.74) is 8.33. The third-order valence-corrected chi connectivity index (χ3v) is 3.29. The summed E-state index contributed by atoms with van der Waals surface area (Å²) in [6.45, 7) is 0.658. The fraction of sp³-hybridized carbons (Fsp3) is 0.538. The molecule has 0 heterocycles. The van der Waals surface area contributed by atoms with Crippen LogP contribution in [0.1, 0.15) is 49.1 Å². The third-order valence-electron chi connectivity index (χ3n) is 3.29. The maximum Gasteiger partial charge on any atom is 0.0178 e. The molecule has 1 aliphatic rings. The molecule has 0 aromatic heterocycles. The molecule has 0 bridgehead atoms. The molecule has 0 unspecified atom stereocenters. The predicted octanol–water partition coefficient (Wildman–Crippen LogP) is 3.61. The van der Waals surface area contributed by atoms with Crippen LogP contribution in [-0.4, -0.2) is 0 Å². The van der Waals surface area contributed by atoms with E-state index in [2.05, 4.69) is 24.3 Å². The fourth-order valence-electron chi connectivity index (χ4n) is 2.36. The Balaban J connectivity index is 0.00000112. The number of rotatable bonds is 2. The van der Waals surface area contributed by atoms with Gasteiger partial charge in [-0.25, -0.2) is 0 Å². The Kier molecular flexibility index (Phi) is 5.13. The lowest BCUT2D eigenvalue weighted by Crippen LogP contribution is -2.04. The highest BCUT2D eigenvalue weighted by Gasteiger charge is 2.14. The third kappa shape index (κ3) is 3.22. The van der Waals surface area contributed by atoms with Gasteiger partial charge in [-0.1, -0.05) is 43.5 Å². The molecule has 0 atom stereocenters. The van der Waals surface area contributed by atoms with Crippen molar-refractivity contribution in [1.82, 2.24) is 0 Å². The summed E-state index contributed by atoms with van der Waals surface area (Å²) in [6.07, 6.45) is 6.99. The van der Waals surface area contributed by atoms with Gasteiger partial charge >= 0.3 is 0 Å². The van der Waals surface area contributed by atoms with Crippen LogP contribution in [0, 0.1) is 0 Å². The van der Waals surface area contributed by atoms with E-state index in [0.717, 1.165) is 5.92 Å². The van der Waals surface area contributed by atoms with E-state index in [1.165, 1.54) is 43.2 Å². The smallest absolute Gasteiger partial charge is 0.0178 e. The summed E-state index contributed by atoms with van der Waals surface area (Å²) in [7, 11) is 0. The predicted molar refractivity (Wildman–Crippen MR) is 67.4 cm³/mol. The summed E-state index contributed by atoms with van der Waals surface area (Å²) in [5.74, 6) is 0.815. The van der Waals surface area contributed by atoms with Gasteiger partial charge in [0.2, 0.25) is 0 Å². The van der Waals surface area contributed by atoms with Crippen molar-refractivity contribution >= 4 is 12.4 Å². The maximum atomic E-state index is 5.58. The van der Waals surface area contributed by atoms with E-state index in [9.17, 15) is 0 Å². The van der Waals surface area contributed by atoms with Crippen LogP contribution >= 0.6 is 12.4 Å². The Morgan fingerprint density at radius 2 is 1.60 bits per heavy atom. The van der Waals surface area contributed by atoms with Gasteiger partial charge < -0.3 is 5.73 Å². The Labute approximate surface area is 98.5 Å². The van der Waals surface area contributed by atoms with E-state index in [-0.39, 0.29) is 12.4 Å². The Bertz CT molecular complexity index is 275. The Morgan fingerprint density at radius 3 is 2.13 bits per heavy atom. The second kappa shape index (κ2) is 6.14. The summed E-state index contributed by atoms with van der Waals surface area (Å²) in [5, 5.41) is 0. The minimum atomic E-state index is 0. The van der Waals surface area contributed by atoms with Crippen molar-refractivity contribution in [2.45, 2.75) is 44.6 Å². The summed E-state index contributed by atoms with van der Waals surface area (Å²) in [6, 6.07) is 8.87. The van der Waals surface area contributed by atoms with Gasteiger partial charge in [0, 0.05) is 6.54 Å². The van der Waals surface area contributed by atoms with Gasteiger partial charge in [-0.3, -0.25) is 0 Å². The Morgan fingerprint density at radius 1 is 1.00 bits per heavy atom. The molecule has 1 saturated carbocycles. The van der Waals surface area contributed by atoms with Crippen molar-refractivity contribution in [3.8, 4) is 0 Å². The highest BCUT2D eigenvalue weighted by molar-refractivity contribution is 5.85. The average molecular weight is 226 g/mol. The van der Waals surface area contributed by atoms with Crippen LogP contribution < -0.4 is 5.73 Å². The molecule has 1 aliphatic carbocycles. The molecule has 84 valence electrons. The largest absolute Gasteiger partial charge is 0.326 e. The molecule has 15 heavy (non-hydrogen) atoms. The van der Waals surface area contributed by atoms with Gasteiger partial charge in [-0.15, -0.1) is 12.4 Å². The first-order valence-electron chi connectivity index (χ1n) is 5.69. The van der Waals surface area contributed by atoms with Gasteiger partial charge in [0.15, 0.2) is 0 Å². The zero-order valence-electron chi connectivity index (χ0n) is 9.11. The van der Waals surface area contributed by atoms with E-state index in [1.54, 1.807) is 0 Å². The van der Waals surface area contributed by atoms with Crippen molar-refractivity contribution in [3.63, 3.8) is 0 Å². The van der Waals surface area contributed by atoms with Crippen molar-refractivity contribution in [2.75, 3.05) is 0 Å². The van der Waals surface area contributed by atoms with Crippen molar-refractivity contribution in [3.05, 3.63) is 35.4 Å². The lowest BCUT2D eigenvalue weighted by molar-refractivity contribution is 0.443. The molecule has 1 aromatic carbocycles. The molecule has 1 aromatic rings.